The summed E-state index contributed by atoms with van der Waals surface area (Å²) in [5.74, 6) is 0.0511. The van der Waals surface area contributed by atoms with Gasteiger partial charge in [-0.1, -0.05) is 42.4 Å². The van der Waals surface area contributed by atoms with Gasteiger partial charge in [0, 0.05) is 17.4 Å². The zero-order valence-electron chi connectivity index (χ0n) is 18.1. The van der Waals surface area contributed by atoms with Crippen LogP contribution in [-0.2, 0) is 11.2 Å². The zero-order chi connectivity index (χ0) is 22.1. The number of hydrogen-bond acceptors (Lipinski definition) is 5. The molecule has 1 aromatic heterocycles. The lowest BCUT2D eigenvalue weighted by Crippen LogP contribution is -2.24. The van der Waals surface area contributed by atoms with Gasteiger partial charge in [-0.15, -0.1) is 11.8 Å². The van der Waals surface area contributed by atoms with E-state index < -0.39 is 0 Å². The van der Waals surface area contributed by atoms with Crippen LogP contribution in [0.15, 0.2) is 57.3 Å². The monoisotopic (exact) mass is 451 g/mol. The van der Waals surface area contributed by atoms with E-state index in [1.54, 1.807) is 16.3 Å². The lowest BCUT2D eigenvalue weighted by Gasteiger charge is -2.14. The second kappa shape index (κ2) is 8.93. The van der Waals surface area contributed by atoms with Crippen LogP contribution in [0.4, 0.5) is 5.69 Å². The zero-order valence-corrected chi connectivity index (χ0v) is 19.7. The average Bonchev–Trinajstić information content (AvgIpc) is 3.07. The largest absolute Gasteiger partial charge is 0.325 e. The number of nitrogens with one attached hydrogen (secondary N) is 1. The molecule has 3 aromatic rings. The van der Waals surface area contributed by atoms with Gasteiger partial charge < -0.3 is 5.32 Å². The third kappa shape index (κ3) is 4.88. The van der Waals surface area contributed by atoms with Crippen LogP contribution in [0, 0.1) is 20.8 Å². The lowest BCUT2D eigenvalue weighted by molar-refractivity contribution is -0.113. The first-order chi connectivity index (χ1) is 14.8. The first kappa shape index (κ1) is 21.7. The van der Waals surface area contributed by atoms with Gasteiger partial charge in [0.25, 0.3) is 5.56 Å². The summed E-state index contributed by atoms with van der Waals surface area (Å²) in [6.45, 7) is 8.13. The Bertz CT molecular complexity index is 1180. The van der Waals surface area contributed by atoms with E-state index in [4.69, 9.17) is 4.98 Å². The van der Waals surface area contributed by atoms with Crippen molar-refractivity contribution in [2.45, 2.75) is 49.4 Å². The van der Waals surface area contributed by atoms with Crippen LogP contribution in [0.5, 0.6) is 0 Å². The molecule has 1 amide bonds. The maximum absolute atomic E-state index is 13.3. The number of amides is 1. The molecule has 1 unspecified atom stereocenters. The molecule has 0 aliphatic carbocycles. The molecule has 1 N–H and O–H groups in total. The van der Waals surface area contributed by atoms with E-state index in [0.29, 0.717) is 10.4 Å². The van der Waals surface area contributed by atoms with Crippen molar-refractivity contribution in [2.75, 3.05) is 11.1 Å². The van der Waals surface area contributed by atoms with Crippen molar-refractivity contribution in [3.8, 4) is 5.69 Å². The number of benzene rings is 2. The summed E-state index contributed by atoms with van der Waals surface area (Å²) < 4.78 is 1.64. The van der Waals surface area contributed by atoms with Crippen molar-refractivity contribution >= 4 is 35.1 Å². The third-order valence-corrected chi connectivity index (χ3v) is 7.16. The molecule has 1 atom stereocenters. The van der Waals surface area contributed by atoms with Crippen molar-refractivity contribution in [3.05, 3.63) is 75.2 Å². The van der Waals surface area contributed by atoms with E-state index in [1.807, 2.05) is 57.2 Å². The number of carbonyl (C=O) groups is 1. The Morgan fingerprint density at radius 2 is 1.81 bits per heavy atom. The van der Waals surface area contributed by atoms with E-state index in [0.717, 1.165) is 45.1 Å². The predicted molar refractivity (Wildman–Crippen MR) is 129 cm³/mol. The minimum absolute atomic E-state index is 0.0552. The fourth-order valence-corrected chi connectivity index (χ4v) is 5.62. The van der Waals surface area contributed by atoms with Crippen LogP contribution < -0.4 is 10.9 Å². The molecule has 0 bridgehead atoms. The van der Waals surface area contributed by atoms with Gasteiger partial charge in [0.1, 0.15) is 0 Å². The normalized spacial score (nSPS) is 15.0. The maximum Gasteiger partial charge on any atom is 0.272 e. The molecule has 2 aromatic carbocycles. The van der Waals surface area contributed by atoms with Gasteiger partial charge >= 0.3 is 0 Å². The maximum atomic E-state index is 13.3. The number of hydrogen-bond donors (Lipinski definition) is 1. The summed E-state index contributed by atoms with van der Waals surface area (Å²) in [4.78, 5) is 31.4. The molecule has 5 nitrogen and oxygen atoms in total. The molecular formula is C24H25N3O2S2. The number of thioether (sulfide) groups is 2. The molecule has 1 aliphatic rings. The van der Waals surface area contributed by atoms with Crippen LogP contribution >= 0.6 is 23.5 Å². The number of anilines is 1. The fourth-order valence-electron chi connectivity index (χ4n) is 3.69. The number of aromatic nitrogens is 2. The van der Waals surface area contributed by atoms with Gasteiger partial charge in [-0.3, -0.25) is 14.2 Å². The number of carbonyl (C=O) groups excluding carboxylic acids is 1. The van der Waals surface area contributed by atoms with Crippen LogP contribution in [0.1, 0.15) is 29.3 Å². The van der Waals surface area contributed by atoms with Gasteiger partial charge in [-0.25, -0.2) is 4.98 Å². The molecule has 160 valence electrons. The van der Waals surface area contributed by atoms with E-state index in [1.165, 1.54) is 11.8 Å². The highest BCUT2D eigenvalue weighted by Gasteiger charge is 2.27. The number of aryl methyl sites for hydroxylation is 3. The van der Waals surface area contributed by atoms with E-state index in [-0.39, 0.29) is 17.2 Å². The lowest BCUT2D eigenvalue weighted by atomic mass is 10.1. The molecule has 4 rings (SSSR count). The molecule has 7 heteroatoms. The Hall–Kier alpha value is -2.51. The highest BCUT2D eigenvalue weighted by molar-refractivity contribution is 8.00. The fraction of sp³-hybridized carbons (Fsp3) is 0.292. The molecule has 0 saturated carbocycles. The highest BCUT2D eigenvalue weighted by atomic mass is 32.2. The number of nitrogens with zero attached hydrogens (tertiary/aromatic N) is 2. The second-order valence-electron chi connectivity index (χ2n) is 7.99. The molecule has 0 fully saturated rings. The Morgan fingerprint density at radius 1 is 1.13 bits per heavy atom. The van der Waals surface area contributed by atoms with Crippen LogP contribution in [0.25, 0.3) is 5.69 Å². The number of fused-ring (bicyclic) bond motifs is 1. The summed E-state index contributed by atoms with van der Waals surface area (Å²) in [5, 5.41) is 3.84. The van der Waals surface area contributed by atoms with E-state index in [9.17, 15) is 9.59 Å². The minimum Gasteiger partial charge on any atom is -0.325 e. The van der Waals surface area contributed by atoms with E-state index >= 15 is 0 Å². The predicted octanol–water partition coefficient (Wildman–Crippen LogP) is 4.93. The Balaban J connectivity index is 1.62. The molecule has 2 heterocycles. The van der Waals surface area contributed by atoms with Gasteiger partial charge in [0.05, 0.1) is 22.0 Å². The summed E-state index contributed by atoms with van der Waals surface area (Å²) in [6, 6.07) is 13.8. The van der Waals surface area contributed by atoms with Gasteiger partial charge in [-0.2, -0.15) is 0 Å². The van der Waals surface area contributed by atoms with Crippen molar-refractivity contribution < 1.29 is 4.79 Å². The van der Waals surface area contributed by atoms with Crippen molar-refractivity contribution in [1.82, 2.24) is 9.55 Å². The topological polar surface area (TPSA) is 64.0 Å². The second-order valence-corrected chi connectivity index (χ2v) is 10.4. The van der Waals surface area contributed by atoms with Gasteiger partial charge in [-0.05, 0) is 56.2 Å². The summed E-state index contributed by atoms with van der Waals surface area (Å²) in [5.41, 5.74) is 5.65. The van der Waals surface area contributed by atoms with Gasteiger partial charge in [0.2, 0.25) is 5.91 Å². The summed E-state index contributed by atoms with van der Waals surface area (Å²) in [6.07, 6.45) is 0.770. The van der Waals surface area contributed by atoms with Crippen LogP contribution in [0.3, 0.4) is 0 Å². The highest BCUT2D eigenvalue weighted by Crippen LogP contribution is 2.35. The SMILES string of the molecule is Cc1ccc(-n2c(SCC(=O)Nc3cc(C)cc(C)c3)nc3c(c2=O)SC(C)C3)cc1. The average molecular weight is 452 g/mol. The Labute approximate surface area is 190 Å². The first-order valence-corrected chi connectivity index (χ1v) is 12.1. The Kier molecular flexibility index (Phi) is 6.25. The molecule has 31 heavy (non-hydrogen) atoms. The smallest absolute Gasteiger partial charge is 0.272 e. The van der Waals surface area contributed by atoms with Crippen molar-refractivity contribution in [1.29, 1.82) is 0 Å². The third-order valence-electron chi connectivity index (χ3n) is 5.01. The molecule has 1 aliphatic heterocycles. The molecule has 0 radical (unpaired) electrons. The summed E-state index contributed by atoms with van der Waals surface area (Å²) in [7, 11) is 0. The first-order valence-electron chi connectivity index (χ1n) is 10.2. The van der Waals surface area contributed by atoms with Crippen molar-refractivity contribution in [3.63, 3.8) is 0 Å². The Morgan fingerprint density at radius 3 is 2.48 bits per heavy atom. The number of rotatable bonds is 5. The van der Waals surface area contributed by atoms with Crippen LogP contribution in [0.2, 0.25) is 0 Å². The molecule has 0 saturated heterocycles. The molecule has 0 spiro atoms. The summed E-state index contributed by atoms with van der Waals surface area (Å²) >= 11 is 2.88. The standard InChI is InChI=1S/C24H25N3O2S2/c1-14-5-7-19(8-6-14)27-23(29)22-20(12-17(4)31-22)26-24(27)30-13-21(28)25-18-10-15(2)9-16(3)11-18/h5-11,17H,12-13H2,1-4H3,(H,25,28). The molecular weight excluding hydrogens is 426 g/mol. The van der Waals surface area contributed by atoms with E-state index in [2.05, 4.69) is 18.3 Å². The van der Waals surface area contributed by atoms with Crippen LogP contribution in [-0.4, -0.2) is 26.5 Å². The van der Waals surface area contributed by atoms with Gasteiger partial charge in [0.15, 0.2) is 5.16 Å². The quantitative estimate of drug-likeness (QED) is 0.440. The van der Waals surface area contributed by atoms with Crippen molar-refractivity contribution in [2.24, 2.45) is 0 Å². The minimum atomic E-state index is -0.122.